The topological polar surface area (TPSA) is 84.5 Å². The lowest BCUT2D eigenvalue weighted by atomic mass is 10.2. The normalized spacial score (nSPS) is 12.8. The van der Waals surface area contributed by atoms with E-state index in [2.05, 4.69) is 14.8 Å². The Hall–Kier alpha value is -1.60. The van der Waals surface area contributed by atoms with Gasteiger partial charge >= 0.3 is 5.97 Å². The van der Waals surface area contributed by atoms with Crippen LogP contribution in [0.25, 0.3) is 0 Å². The molecule has 0 aliphatic rings. The minimum absolute atomic E-state index is 0.420. The zero-order valence-electron chi connectivity index (χ0n) is 11.1. The molecule has 0 aliphatic heterocycles. The maximum atomic E-state index is 11.9. The van der Waals surface area contributed by atoms with Crippen LogP contribution in [-0.2, 0) is 26.1 Å². The molecule has 0 fully saturated rings. The van der Waals surface area contributed by atoms with Crippen LogP contribution < -0.4 is 10.0 Å². The van der Waals surface area contributed by atoms with E-state index >= 15 is 0 Å². The second-order valence-electron chi connectivity index (χ2n) is 4.04. The van der Waals surface area contributed by atoms with Gasteiger partial charge in [-0.25, -0.2) is 8.42 Å². The van der Waals surface area contributed by atoms with Gasteiger partial charge in [-0.2, -0.15) is 0 Å². The zero-order chi connectivity index (χ0) is 14.5. The van der Waals surface area contributed by atoms with Crippen LogP contribution in [0.3, 0.4) is 0 Å². The second-order valence-corrected chi connectivity index (χ2v) is 6.04. The maximum Gasteiger partial charge on any atom is 0.325 e. The Kier molecular flexibility index (Phi) is 5.31. The van der Waals surface area contributed by atoms with Crippen molar-refractivity contribution in [3.63, 3.8) is 0 Å². The van der Waals surface area contributed by atoms with Crippen LogP contribution in [-0.4, -0.2) is 33.8 Å². The molecule has 0 spiro atoms. The first kappa shape index (κ1) is 15.5. The summed E-state index contributed by atoms with van der Waals surface area (Å²) in [7, 11) is -0.845. The minimum atomic E-state index is -3.80. The number of esters is 1. The van der Waals surface area contributed by atoms with Crippen molar-refractivity contribution in [3.8, 4) is 0 Å². The summed E-state index contributed by atoms with van der Waals surface area (Å²) in [4.78, 5) is 11.3. The van der Waals surface area contributed by atoms with Crippen molar-refractivity contribution in [1.29, 1.82) is 0 Å². The van der Waals surface area contributed by atoms with E-state index in [0.717, 1.165) is 12.7 Å². The van der Waals surface area contributed by atoms with Gasteiger partial charge in [-0.3, -0.25) is 9.52 Å². The molecule has 7 heteroatoms. The quantitative estimate of drug-likeness (QED) is 0.752. The van der Waals surface area contributed by atoms with Crippen molar-refractivity contribution in [1.82, 2.24) is 5.32 Å². The fourth-order valence-corrected chi connectivity index (χ4v) is 2.48. The molecule has 106 valence electrons. The first-order chi connectivity index (χ1) is 8.90. The van der Waals surface area contributed by atoms with Gasteiger partial charge in [0.05, 0.1) is 7.11 Å². The first-order valence-corrected chi connectivity index (χ1v) is 7.28. The van der Waals surface area contributed by atoms with E-state index in [0.29, 0.717) is 12.2 Å². The average molecular weight is 286 g/mol. The fraction of sp³-hybridized carbons (Fsp3) is 0.417. The lowest BCUT2D eigenvalue weighted by molar-refractivity contribution is -0.139. The summed E-state index contributed by atoms with van der Waals surface area (Å²) in [6, 6.07) is 6.95. The van der Waals surface area contributed by atoms with Crippen molar-refractivity contribution < 1.29 is 17.9 Å². The molecule has 0 aromatic heterocycles. The van der Waals surface area contributed by atoms with Crippen LogP contribution >= 0.6 is 0 Å². The predicted molar refractivity (Wildman–Crippen MR) is 73.2 cm³/mol. The number of carbonyl (C=O) groups is 1. The summed E-state index contributed by atoms with van der Waals surface area (Å²) < 4.78 is 30.7. The highest BCUT2D eigenvalue weighted by Crippen LogP contribution is 2.14. The highest BCUT2D eigenvalue weighted by atomic mass is 32.2. The van der Waals surface area contributed by atoms with Crippen LogP contribution in [0, 0.1) is 0 Å². The molecule has 6 nitrogen and oxygen atoms in total. The summed E-state index contributed by atoms with van der Waals surface area (Å²) in [5.41, 5.74) is 1.36. The van der Waals surface area contributed by atoms with Crippen molar-refractivity contribution in [2.24, 2.45) is 0 Å². The number of hydrogen-bond acceptors (Lipinski definition) is 5. The molecular weight excluding hydrogens is 268 g/mol. The van der Waals surface area contributed by atoms with Gasteiger partial charge in [0.2, 0.25) is 10.0 Å². The molecule has 0 amide bonds. The van der Waals surface area contributed by atoms with E-state index in [1.165, 1.54) is 6.92 Å². The van der Waals surface area contributed by atoms with Crippen molar-refractivity contribution in [3.05, 3.63) is 29.8 Å². The van der Waals surface area contributed by atoms with E-state index in [9.17, 15) is 13.2 Å². The molecule has 0 bridgehead atoms. The number of carbonyl (C=O) groups excluding carboxylic acids is 1. The Morgan fingerprint density at radius 3 is 2.68 bits per heavy atom. The predicted octanol–water partition coefficient (Wildman–Crippen LogP) is 0.709. The Morgan fingerprint density at radius 2 is 2.11 bits per heavy atom. The third kappa shape index (κ3) is 4.22. The Morgan fingerprint density at radius 1 is 1.42 bits per heavy atom. The number of anilines is 1. The SMILES string of the molecule is CNCc1cccc(NS(=O)(=O)C(C)C(=O)OC)c1. The standard InChI is InChI=1S/C12H18N2O4S/c1-9(12(15)18-3)19(16,17)14-11-6-4-5-10(7-11)8-13-2/h4-7,9,13-14H,8H2,1-3H3. The Bertz CT molecular complexity index is 542. The summed E-state index contributed by atoms with van der Waals surface area (Å²) in [6.07, 6.45) is 0. The van der Waals surface area contributed by atoms with Gasteiger partial charge < -0.3 is 10.1 Å². The lowest BCUT2D eigenvalue weighted by Gasteiger charge is -2.13. The molecule has 1 aromatic carbocycles. The third-order valence-corrected chi connectivity index (χ3v) is 4.21. The molecule has 1 atom stereocenters. The lowest BCUT2D eigenvalue weighted by Crippen LogP contribution is -2.33. The molecule has 0 heterocycles. The van der Waals surface area contributed by atoms with Crippen molar-refractivity contribution in [2.45, 2.75) is 18.7 Å². The molecule has 1 rings (SSSR count). The van der Waals surface area contributed by atoms with E-state index in [1.807, 2.05) is 6.07 Å². The Labute approximate surface area is 113 Å². The summed E-state index contributed by atoms with van der Waals surface area (Å²) in [5.74, 6) is -0.793. The van der Waals surface area contributed by atoms with Crippen molar-refractivity contribution >= 4 is 21.7 Å². The molecule has 2 N–H and O–H groups in total. The number of sulfonamides is 1. The highest BCUT2D eigenvalue weighted by Gasteiger charge is 2.28. The summed E-state index contributed by atoms with van der Waals surface area (Å²) in [5, 5.41) is 1.71. The number of nitrogens with one attached hydrogen (secondary N) is 2. The molecule has 0 aliphatic carbocycles. The van der Waals surface area contributed by atoms with Gasteiger partial charge in [0.15, 0.2) is 5.25 Å². The van der Waals surface area contributed by atoms with E-state index in [4.69, 9.17) is 0 Å². The number of hydrogen-bond donors (Lipinski definition) is 2. The van der Waals surface area contributed by atoms with Crippen LogP contribution in [0.4, 0.5) is 5.69 Å². The van der Waals surface area contributed by atoms with Crippen molar-refractivity contribution in [2.75, 3.05) is 18.9 Å². The fourth-order valence-electron chi connectivity index (χ4n) is 1.49. The van der Waals surface area contributed by atoms with Gasteiger partial charge in [0, 0.05) is 12.2 Å². The smallest absolute Gasteiger partial charge is 0.325 e. The average Bonchev–Trinajstić information content (AvgIpc) is 2.37. The summed E-state index contributed by atoms with van der Waals surface area (Å²) in [6.45, 7) is 1.91. The number of ether oxygens (including phenoxy) is 1. The van der Waals surface area contributed by atoms with Crippen LogP contribution in [0.1, 0.15) is 12.5 Å². The molecular formula is C12H18N2O4S. The van der Waals surface area contributed by atoms with Crippen LogP contribution in [0.2, 0.25) is 0 Å². The number of benzene rings is 1. The second kappa shape index (κ2) is 6.53. The molecule has 0 saturated heterocycles. The monoisotopic (exact) mass is 286 g/mol. The van der Waals surface area contributed by atoms with E-state index in [1.54, 1.807) is 25.2 Å². The van der Waals surface area contributed by atoms with E-state index in [-0.39, 0.29) is 0 Å². The Balaban J connectivity index is 2.89. The van der Waals surface area contributed by atoms with E-state index < -0.39 is 21.2 Å². The molecule has 19 heavy (non-hydrogen) atoms. The van der Waals surface area contributed by atoms with Gasteiger partial charge in [-0.15, -0.1) is 0 Å². The van der Waals surface area contributed by atoms with Gasteiger partial charge in [0.1, 0.15) is 0 Å². The van der Waals surface area contributed by atoms with Gasteiger partial charge in [0.25, 0.3) is 0 Å². The largest absolute Gasteiger partial charge is 0.468 e. The van der Waals surface area contributed by atoms with Crippen LogP contribution in [0.15, 0.2) is 24.3 Å². The summed E-state index contributed by atoms with van der Waals surface area (Å²) >= 11 is 0. The van der Waals surface area contributed by atoms with Crippen LogP contribution in [0.5, 0.6) is 0 Å². The number of rotatable bonds is 6. The molecule has 1 aromatic rings. The van der Waals surface area contributed by atoms with Gasteiger partial charge in [-0.1, -0.05) is 12.1 Å². The zero-order valence-corrected chi connectivity index (χ0v) is 12.0. The van der Waals surface area contributed by atoms with Gasteiger partial charge in [-0.05, 0) is 31.7 Å². The highest BCUT2D eigenvalue weighted by molar-refractivity contribution is 7.94. The molecule has 0 radical (unpaired) electrons. The third-order valence-electron chi connectivity index (χ3n) is 2.57. The number of methoxy groups -OCH3 is 1. The molecule has 0 saturated carbocycles. The molecule has 1 unspecified atom stereocenters. The first-order valence-electron chi connectivity index (χ1n) is 5.73. The maximum absolute atomic E-state index is 11.9. The minimum Gasteiger partial charge on any atom is -0.468 e.